The van der Waals surface area contributed by atoms with Crippen LogP contribution in [0.3, 0.4) is 0 Å². The van der Waals surface area contributed by atoms with Crippen LogP contribution in [0.25, 0.3) is 11.4 Å². The van der Waals surface area contributed by atoms with Crippen LogP contribution < -0.4 is 4.74 Å². The Morgan fingerprint density at radius 2 is 2.15 bits per heavy atom. The van der Waals surface area contributed by atoms with Gasteiger partial charge in [-0.2, -0.15) is 0 Å². The molecule has 8 heteroatoms. The number of ketones is 1. The molecule has 2 heterocycles. The molecule has 5 nitrogen and oxygen atoms in total. The summed E-state index contributed by atoms with van der Waals surface area (Å²) in [5.74, 6) is 1.67. The maximum Gasteiger partial charge on any atom is 0.192 e. The number of aromatic nitrogens is 3. The first-order chi connectivity index (χ1) is 12.6. The molecule has 26 heavy (non-hydrogen) atoms. The third-order valence-corrected chi connectivity index (χ3v) is 5.80. The minimum Gasteiger partial charge on any atom is -0.496 e. The van der Waals surface area contributed by atoms with Crippen molar-refractivity contribution in [1.29, 1.82) is 0 Å². The van der Waals surface area contributed by atoms with Gasteiger partial charge in [-0.1, -0.05) is 41.6 Å². The number of carbonyl (C=O) groups excluding carboxylic acids is 1. The maximum absolute atomic E-state index is 12.3. The highest BCUT2D eigenvalue weighted by Gasteiger charge is 2.18. The lowest BCUT2D eigenvalue weighted by atomic mass is 10.2. The van der Waals surface area contributed by atoms with E-state index in [1.807, 2.05) is 28.8 Å². The fourth-order valence-electron chi connectivity index (χ4n) is 2.38. The van der Waals surface area contributed by atoms with Gasteiger partial charge in [-0.05, 0) is 24.3 Å². The highest BCUT2D eigenvalue weighted by Crippen LogP contribution is 2.31. The Balaban J connectivity index is 1.85. The molecule has 0 aliphatic rings. The van der Waals surface area contributed by atoms with Crippen molar-refractivity contribution in [3.8, 4) is 17.1 Å². The molecule has 0 radical (unpaired) electrons. The lowest BCUT2D eigenvalue weighted by Gasteiger charge is -2.10. The quantitative estimate of drug-likeness (QED) is 0.305. The minimum absolute atomic E-state index is 0.0129. The Morgan fingerprint density at radius 3 is 2.85 bits per heavy atom. The molecule has 3 rings (SSSR count). The van der Waals surface area contributed by atoms with Gasteiger partial charge in [-0.3, -0.25) is 9.36 Å². The summed E-state index contributed by atoms with van der Waals surface area (Å²) in [6.45, 7) is 4.33. The third-order valence-electron chi connectivity index (χ3n) is 3.56. The van der Waals surface area contributed by atoms with Crippen molar-refractivity contribution in [3.05, 3.63) is 58.3 Å². The fraction of sp³-hybridized carbons (Fsp3) is 0.167. The zero-order valence-corrected chi connectivity index (χ0v) is 16.4. The number of thiophene rings is 1. The Hall–Kier alpha value is -2.09. The first kappa shape index (κ1) is 18.7. The van der Waals surface area contributed by atoms with Crippen LogP contribution in [-0.2, 0) is 6.54 Å². The molecule has 0 amide bonds. The van der Waals surface area contributed by atoms with E-state index >= 15 is 0 Å². The Kier molecular flexibility index (Phi) is 6.13. The predicted octanol–water partition coefficient (Wildman–Crippen LogP) is 4.83. The Labute approximate surface area is 164 Å². The molecule has 2 aromatic heterocycles. The molecular formula is C18H16ClN3O2S2. The number of para-hydroxylation sites is 1. The van der Waals surface area contributed by atoms with E-state index in [1.165, 1.54) is 23.1 Å². The number of hydrogen-bond donors (Lipinski definition) is 0. The molecule has 134 valence electrons. The summed E-state index contributed by atoms with van der Waals surface area (Å²) in [5, 5.41) is 9.21. The molecule has 0 saturated heterocycles. The summed E-state index contributed by atoms with van der Waals surface area (Å²) < 4.78 is 7.95. The van der Waals surface area contributed by atoms with Crippen LogP contribution in [0.5, 0.6) is 5.75 Å². The van der Waals surface area contributed by atoms with Gasteiger partial charge in [0.1, 0.15) is 5.75 Å². The van der Waals surface area contributed by atoms with Crippen LogP contribution in [0.2, 0.25) is 4.34 Å². The van der Waals surface area contributed by atoms with E-state index in [4.69, 9.17) is 16.3 Å². The molecule has 0 bridgehead atoms. The summed E-state index contributed by atoms with van der Waals surface area (Å²) in [5.41, 5.74) is 0.840. The minimum atomic E-state index is 0.0129. The highest BCUT2D eigenvalue weighted by molar-refractivity contribution is 7.99. The van der Waals surface area contributed by atoms with E-state index in [2.05, 4.69) is 16.8 Å². The van der Waals surface area contributed by atoms with E-state index in [0.717, 1.165) is 5.56 Å². The highest BCUT2D eigenvalue weighted by atomic mass is 35.5. The number of benzene rings is 1. The molecule has 0 fully saturated rings. The SMILES string of the molecule is C=CCn1c(SCC(=O)c2ccc(Cl)s2)nnc1-c1ccccc1OC. The molecule has 0 atom stereocenters. The molecule has 0 saturated carbocycles. The van der Waals surface area contributed by atoms with Crippen molar-refractivity contribution in [2.24, 2.45) is 0 Å². The van der Waals surface area contributed by atoms with Gasteiger partial charge < -0.3 is 4.74 Å². The fourth-order valence-corrected chi connectivity index (χ4v) is 4.29. The first-order valence-corrected chi connectivity index (χ1v) is 9.91. The average molecular weight is 406 g/mol. The molecule has 0 spiro atoms. The third kappa shape index (κ3) is 4.00. The molecule has 0 aliphatic heterocycles. The number of allylic oxidation sites excluding steroid dienone is 1. The van der Waals surface area contributed by atoms with Gasteiger partial charge in [0, 0.05) is 6.54 Å². The van der Waals surface area contributed by atoms with E-state index < -0.39 is 0 Å². The van der Waals surface area contributed by atoms with Crippen molar-refractivity contribution >= 4 is 40.5 Å². The van der Waals surface area contributed by atoms with Crippen molar-refractivity contribution in [2.75, 3.05) is 12.9 Å². The normalized spacial score (nSPS) is 10.7. The van der Waals surface area contributed by atoms with Crippen molar-refractivity contribution in [2.45, 2.75) is 11.7 Å². The smallest absolute Gasteiger partial charge is 0.192 e. The Bertz CT molecular complexity index is 936. The van der Waals surface area contributed by atoms with Gasteiger partial charge in [0.05, 0.1) is 27.6 Å². The predicted molar refractivity (Wildman–Crippen MR) is 107 cm³/mol. The van der Waals surface area contributed by atoms with Crippen molar-refractivity contribution in [1.82, 2.24) is 14.8 Å². The van der Waals surface area contributed by atoms with E-state index in [0.29, 0.717) is 32.5 Å². The largest absolute Gasteiger partial charge is 0.496 e. The molecule has 1 aromatic carbocycles. The summed E-state index contributed by atoms with van der Waals surface area (Å²) in [6, 6.07) is 11.1. The van der Waals surface area contributed by atoms with Gasteiger partial charge in [0.25, 0.3) is 0 Å². The molecule has 0 N–H and O–H groups in total. The topological polar surface area (TPSA) is 57.0 Å². The average Bonchev–Trinajstić information content (AvgIpc) is 3.26. The van der Waals surface area contributed by atoms with Crippen LogP contribution in [0, 0.1) is 0 Å². The molecule has 0 unspecified atom stereocenters. The van der Waals surface area contributed by atoms with Crippen molar-refractivity contribution < 1.29 is 9.53 Å². The van der Waals surface area contributed by atoms with Crippen LogP contribution >= 0.6 is 34.7 Å². The molecule has 0 aliphatic carbocycles. The zero-order valence-electron chi connectivity index (χ0n) is 14.0. The first-order valence-electron chi connectivity index (χ1n) is 7.73. The number of rotatable bonds is 8. The second-order valence-corrected chi connectivity index (χ2v) is 7.88. The number of halogens is 1. The van der Waals surface area contributed by atoms with Gasteiger partial charge in [-0.25, -0.2) is 0 Å². The van der Waals surface area contributed by atoms with Gasteiger partial charge in [-0.15, -0.1) is 28.1 Å². The maximum atomic E-state index is 12.3. The monoisotopic (exact) mass is 405 g/mol. The number of Topliss-reactive ketones (excluding diaryl/α,β-unsaturated/α-hetero) is 1. The molecular weight excluding hydrogens is 390 g/mol. The van der Waals surface area contributed by atoms with Gasteiger partial charge >= 0.3 is 0 Å². The lowest BCUT2D eigenvalue weighted by molar-refractivity contribution is 0.102. The zero-order chi connectivity index (χ0) is 18.5. The van der Waals surface area contributed by atoms with Crippen LogP contribution in [0.4, 0.5) is 0 Å². The number of thioether (sulfide) groups is 1. The second-order valence-electron chi connectivity index (χ2n) is 5.22. The van der Waals surface area contributed by atoms with Crippen LogP contribution in [0.1, 0.15) is 9.67 Å². The number of nitrogens with zero attached hydrogens (tertiary/aromatic N) is 3. The van der Waals surface area contributed by atoms with Crippen LogP contribution in [-0.4, -0.2) is 33.4 Å². The summed E-state index contributed by atoms with van der Waals surface area (Å²) >= 11 is 8.52. The number of carbonyl (C=O) groups is 1. The number of methoxy groups -OCH3 is 1. The lowest BCUT2D eigenvalue weighted by Crippen LogP contribution is -2.04. The van der Waals surface area contributed by atoms with Crippen molar-refractivity contribution in [3.63, 3.8) is 0 Å². The summed E-state index contributed by atoms with van der Waals surface area (Å²) in [6.07, 6.45) is 1.77. The number of hydrogen-bond acceptors (Lipinski definition) is 6. The number of ether oxygens (including phenoxy) is 1. The van der Waals surface area contributed by atoms with E-state index in [-0.39, 0.29) is 11.5 Å². The second kappa shape index (κ2) is 8.53. The van der Waals surface area contributed by atoms with Gasteiger partial charge in [0.15, 0.2) is 16.8 Å². The van der Waals surface area contributed by atoms with E-state index in [1.54, 1.807) is 25.3 Å². The van der Waals surface area contributed by atoms with E-state index in [9.17, 15) is 4.79 Å². The molecule has 3 aromatic rings. The summed E-state index contributed by atoms with van der Waals surface area (Å²) in [7, 11) is 1.62. The Morgan fingerprint density at radius 1 is 1.35 bits per heavy atom. The summed E-state index contributed by atoms with van der Waals surface area (Å²) in [4.78, 5) is 13.0. The van der Waals surface area contributed by atoms with Crippen LogP contribution in [0.15, 0.2) is 54.2 Å². The van der Waals surface area contributed by atoms with Gasteiger partial charge in [0.2, 0.25) is 0 Å². The standard InChI is InChI=1S/C18H16ClN3O2S2/c1-3-10-22-17(12-6-4-5-7-14(12)24-2)20-21-18(22)25-11-13(23)15-8-9-16(19)26-15/h3-9H,1,10-11H2,2H3.